The van der Waals surface area contributed by atoms with Crippen molar-refractivity contribution < 1.29 is 4.39 Å². The second-order valence-corrected chi connectivity index (χ2v) is 5.16. The molecule has 0 fully saturated rings. The summed E-state index contributed by atoms with van der Waals surface area (Å²) in [6.07, 6.45) is 6.49. The Morgan fingerprint density at radius 1 is 1.37 bits per heavy atom. The van der Waals surface area contributed by atoms with Gasteiger partial charge in [-0.2, -0.15) is 0 Å². The molecule has 0 amide bonds. The highest BCUT2D eigenvalue weighted by Crippen LogP contribution is 2.29. The van der Waals surface area contributed by atoms with E-state index < -0.39 is 0 Å². The second kappa shape index (κ2) is 5.17. The number of nitrogens with one attached hydrogen (secondary N) is 1. The number of halogens is 1. The van der Waals surface area contributed by atoms with Crippen molar-refractivity contribution in [3.05, 3.63) is 41.9 Å². The van der Waals surface area contributed by atoms with Crippen LogP contribution in [0, 0.1) is 5.82 Å². The summed E-state index contributed by atoms with van der Waals surface area (Å²) in [5, 5.41) is 0.990. The Kier molecular flexibility index (Phi) is 3.38. The molecule has 0 atom stereocenters. The van der Waals surface area contributed by atoms with Crippen LogP contribution in [0.4, 0.5) is 4.39 Å². The molecule has 0 spiro atoms. The van der Waals surface area contributed by atoms with E-state index in [1.165, 1.54) is 18.1 Å². The van der Waals surface area contributed by atoms with E-state index in [1.807, 2.05) is 12.3 Å². The number of rotatable bonds is 3. The van der Waals surface area contributed by atoms with Crippen LogP contribution in [-0.4, -0.2) is 29.5 Å². The maximum Gasteiger partial charge on any atom is 0.147 e. The Bertz CT molecular complexity index is 612. The third-order valence-electron chi connectivity index (χ3n) is 3.78. The predicted octanol–water partition coefficient (Wildman–Crippen LogP) is 3.81. The van der Waals surface area contributed by atoms with Crippen molar-refractivity contribution in [3.63, 3.8) is 0 Å². The van der Waals surface area contributed by atoms with Gasteiger partial charge in [-0.15, -0.1) is 0 Å². The van der Waals surface area contributed by atoms with Gasteiger partial charge in [0.15, 0.2) is 0 Å². The molecule has 0 radical (unpaired) electrons. The van der Waals surface area contributed by atoms with Crippen molar-refractivity contribution >= 4 is 16.5 Å². The first kappa shape index (κ1) is 12.4. The third kappa shape index (κ3) is 2.30. The molecular formula is C16H19FN2. The average molecular weight is 258 g/mol. The van der Waals surface area contributed by atoms with E-state index in [9.17, 15) is 4.39 Å². The summed E-state index contributed by atoms with van der Waals surface area (Å²) < 4.78 is 13.7. The maximum atomic E-state index is 13.7. The lowest BCUT2D eigenvalue weighted by molar-refractivity contribution is 0.305. The van der Waals surface area contributed by atoms with E-state index in [4.69, 9.17) is 0 Å². The summed E-state index contributed by atoms with van der Waals surface area (Å²) in [5.74, 6) is -0.175. The van der Waals surface area contributed by atoms with Gasteiger partial charge in [-0.25, -0.2) is 4.39 Å². The molecule has 1 aliphatic rings. The molecule has 1 N–H and O–H groups in total. The van der Waals surface area contributed by atoms with E-state index in [1.54, 1.807) is 6.07 Å². The first-order chi connectivity index (χ1) is 9.29. The minimum absolute atomic E-state index is 0.175. The molecule has 2 heterocycles. The summed E-state index contributed by atoms with van der Waals surface area (Å²) in [5.41, 5.74) is 3.08. The molecule has 1 aliphatic heterocycles. The van der Waals surface area contributed by atoms with Gasteiger partial charge < -0.3 is 4.98 Å². The topological polar surface area (TPSA) is 19.0 Å². The number of hydrogen-bond donors (Lipinski definition) is 1. The van der Waals surface area contributed by atoms with Crippen molar-refractivity contribution in [2.45, 2.75) is 19.8 Å². The number of para-hydroxylation sites is 1. The molecule has 3 heteroatoms. The number of fused-ring (bicyclic) bond motifs is 1. The summed E-state index contributed by atoms with van der Waals surface area (Å²) in [7, 11) is 0. The highest BCUT2D eigenvalue weighted by atomic mass is 19.1. The highest BCUT2D eigenvalue weighted by molar-refractivity contribution is 5.93. The molecule has 2 aromatic rings. The van der Waals surface area contributed by atoms with E-state index in [2.05, 4.69) is 22.9 Å². The van der Waals surface area contributed by atoms with Crippen LogP contribution in [-0.2, 0) is 0 Å². The summed E-state index contributed by atoms with van der Waals surface area (Å²) in [4.78, 5) is 5.53. The Balaban J connectivity index is 1.96. The van der Waals surface area contributed by atoms with Crippen LogP contribution in [0.15, 0.2) is 30.5 Å². The van der Waals surface area contributed by atoms with Crippen LogP contribution >= 0.6 is 0 Å². The van der Waals surface area contributed by atoms with E-state index in [0.717, 1.165) is 37.0 Å². The van der Waals surface area contributed by atoms with Gasteiger partial charge >= 0.3 is 0 Å². The third-order valence-corrected chi connectivity index (χ3v) is 3.78. The molecule has 3 rings (SSSR count). The Morgan fingerprint density at radius 3 is 3.11 bits per heavy atom. The van der Waals surface area contributed by atoms with E-state index >= 15 is 0 Å². The first-order valence-corrected chi connectivity index (χ1v) is 6.97. The van der Waals surface area contributed by atoms with Gasteiger partial charge in [-0.05, 0) is 31.0 Å². The SMILES string of the molecule is CCCN1CCC=C(c2c[nH]c3c(F)cccc23)C1. The monoisotopic (exact) mass is 258 g/mol. The molecule has 1 aromatic carbocycles. The van der Waals surface area contributed by atoms with Gasteiger partial charge in [-0.3, -0.25) is 4.90 Å². The van der Waals surface area contributed by atoms with Crippen LogP contribution in [0.25, 0.3) is 16.5 Å². The van der Waals surface area contributed by atoms with Crippen LogP contribution < -0.4 is 0 Å². The van der Waals surface area contributed by atoms with Gasteiger partial charge in [0.25, 0.3) is 0 Å². The molecule has 0 unspecified atom stereocenters. The lowest BCUT2D eigenvalue weighted by Crippen LogP contribution is -2.30. The minimum atomic E-state index is -0.175. The number of H-pyrrole nitrogens is 1. The van der Waals surface area contributed by atoms with Gasteiger partial charge in [0.2, 0.25) is 0 Å². The molecule has 0 bridgehead atoms. The molecule has 2 nitrogen and oxygen atoms in total. The van der Waals surface area contributed by atoms with Crippen molar-refractivity contribution in [1.29, 1.82) is 0 Å². The normalized spacial score (nSPS) is 16.8. The molecule has 100 valence electrons. The molecule has 19 heavy (non-hydrogen) atoms. The largest absolute Gasteiger partial charge is 0.358 e. The zero-order valence-electron chi connectivity index (χ0n) is 11.2. The van der Waals surface area contributed by atoms with Crippen LogP contribution in [0.1, 0.15) is 25.3 Å². The second-order valence-electron chi connectivity index (χ2n) is 5.16. The van der Waals surface area contributed by atoms with Crippen molar-refractivity contribution in [2.24, 2.45) is 0 Å². The standard InChI is InChI=1S/C16H19FN2/c1-2-8-19-9-4-5-12(11-19)14-10-18-16-13(14)6-3-7-15(16)17/h3,5-7,10,18H,2,4,8-9,11H2,1H3. The quantitative estimate of drug-likeness (QED) is 0.887. The Labute approximate surface area is 112 Å². The minimum Gasteiger partial charge on any atom is -0.358 e. The average Bonchev–Trinajstić information content (AvgIpc) is 2.85. The smallest absolute Gasteiger partial charge is 0.147 e. The van der Waals surface area contributed by atoms with Crippen molar-refractivity contribution in [1.82, 2.24) is 9.88 Å². The summed E-state index contributed by atoms with van der Waals surface area (Å²) >= 11 is 0. The zero-order chi connectivity index (χ0) is 13.2. The van der Waals surface area contributed by atoms with Crippen molar-refractivity contribution in [3.8, 4) is 0 Å². The first-order valence-electron chi connectivity index (χ1n) is 6.97. The fourth-order valence-corrected chi connectivity index (χ4v) is 2.89. The number of aromatic nitrogens is 1. The number of hydrogen-bond acceptors (Lipinski definition) is 1. The van der Waals surface area contributed by atoms with Crippen LogP contribution in [0.3, 0.4) is 0 Å². The Hall–Kier alpha value is -1.61. The molecular weight excluding hydrogens is 239 g/mol. The van der Waals surface area contributed by atoms with Crippen LogP contribution in [0.5, 0.6) is 0 Å². The lowest BCUT2D eigenvalue weighted by atomic mass is 10.0. The number of nitrogens with zero attached hydrogens (tertiary/aromatic N) is 1. The van der Waals surface area contributed by atoms with E-state index in [0.29, 0.717) is 5.52 Å². The fraction of sp³-hybridized carbons (Fsp3) is 0.375. The highest BCUT2D eigenvalue weighted by Gasteiger charge is 2.16. The molecule has 1 aromatic heterocycles. The lowest BCUT2D eigenvalue weighted by Gasteiger charge is -2.26. The molecule has 0 aliphatic carbocycles. The van der Waals surface area contributed by atoms with E-state index in [-0.39, 0.29) is 5.82 Å². The predicted molar refractivity (Wildman–Crippen MR) is 77.6 cm³/mol. The van der Waals surface area contributed by atoms with Gasteiger partial charge in [0.1, 0.15) is 5.82 Å². The van der Waals surface area contributed by atoms with Crippen LogP contribution in [0.2, 0.25) is 0 Å². The van der Waals surface area contributed by atoms with Gasteiger partial charge in [0.05, 0.1) is 5.52 Å². The maximum absolute atomic E-state index is 13.7. The van der Waals surface area contributed by atoms with Gasteiger partial charge in [0, 0.05) is 30.2 Å². The Morgan fingerprint density at radius 2 is 2.26 bits per heavy atom. The zero-order valence-corrected chi connectivity index (χ0v) is 11.2. The summed E-state index contributed by atoms with van der Waals surface area (Å²) in [6.45, 7) is 5.44. The molecule has 0 saturated carbocycles. The molecule has 0 saturated heterocycles. The summed E-state index contributed by atoms with van der Waals surface area (Å²) in [6, 6.07) is 5.27. The van der Waals surface area contributed by atoms with Gasteiger partial charge in [-0.1, -0.05) is 25.1 Å². The number of benzene rings is 1. The van der Waals surface area contributed by atoms with Crippen molar-refractivity contribution in [2.75, 3.05) is 19.6 Å². The number of aromatic amines is 1. The fourth-order valence-electron chi connectivity index (χ4n) is 2.89.